The summed E-state index contributed by atoms with van der Waals surface area (Å²) >= 11 is 0. The summed E-state index contributed by atoms with van der Waals surface area (Å²) in [5, 5.41) is 3.17. The van der Waals surface area contributed by atoms with Crippen molar-refractivity contribution in [3.05, 3.63) is 18.2 Å². The number of benzene rings is 1. The zero-order valence-electron chi connectivity index (χ0n) is 15.7. The maximum atomic E-state index is 5.49. The first kappa shape index (κ1) is 18.3. The highest BCUT2D eigenvalue weighted by atomic mass is 16.5. The Morgan fingerprint density at radius 2 is 1.68 bits per heavy atom. The molecule has 140 valence electrons. The molecule has 2 aliphatic rings. The average Bonchev–Trinajstić information content (AvgIpc) is 2.69. The number of anilines is 2. The highest BCUT2D eigenvalue weighted by molar-refractivity contribution is 5.64. The minimum absolute atomic E-state index is 0.897. The molecule has 2 aliphatic heterocycles. The standard InChI is InChI=1S/C19H32N4O2/c1-20-18-5-4-17(16-19(18)24-2)23-10-8-21(9-11-23)6-3-7-22-12-14-25-15-13-22/h4-5,16,20H,3,6-15H2,1-2H3. The second-order valence-electron chi connectivity index (χ2n) is 6.77. The van der Waals surface area contributed by atoms with Gasteiger partial charge in [0.1, 0.15) is 5.75 Å². The van der Waals surface area contributed by atoms with Gasteiger partial charge in [0, 0.05) is 58.1 Å². The fourth-order valence-corrected chi connectivity index (χ4v) is 3.66. The summed E-state index contributed by atoms with van der Waals surface area (Å²) in [5.74, 6) is 0.910. The molecule has 0 saturated carbocycles. The van der Waals surface area contributed by atoms with E-state index in [-0.39, 0.29) is 0 Å². The van der Waals surface area contributed by atoms with Crippen molar-refractivity contribution < 1.29 is 9.47 Å². The van der Waals surface area contributed by atoms with Crippen molar-refractivity contribution in [1.82, 2.24) is 9.80 Å². The normalized spacial score (nSPS) is 19.8. The molecule has 0 spiro atoms. The van der Waals surface area contributed by atoms with Gasteiger partial charge in [-0.2, -0.15) is 0 Å². The van der Waals surface area contributed by atoms with E-state index in [0.29, 0.717) is 0 Å². The number of nitrogens with zero attached hydrogens (tertiary/aromatic N) is 3. The van der Waals surface area contributed by atoms with Crippen molar-refractivity contribution in [2.24, 2.45) is 0 Å². The SMILES string of the molecule is CNc1ccc(N2CCN(CCCN3CCOCC3)CC2)cc1OC. The van der Waals surface area contributed by atoms with Gasteiger partial charge in [0.05, 0.1) is 26.0 Å². The maximum Gasteiger partial charge on any atom is 0.144 e. The summed E-state index contributed by atoms with van der Waals surface area (Å²) in [5.41, 5.74) is 2.29. The van der Waals surface area contributed by atoms with Crippen LogP contribution in [0.1, 0.15) is 6.42 Å². The molecule has 0 atom stereocenters. The Hall–Kier alpha value is -1.50. The average molecular weight is 348 g/mol. The molecular weight excluding hydrogens is 316 g/mol. The van der Waals surface area contributed by atoms with Gasteiger partial charge in [-0.05, 0) is 31.6 Å². The second-order valence-corrected chi connectivity index (χ2v) is 6.77. The van der Waals surface area contributed by atoms with Gasteiger partial charge < -0.3 is 19.7 Å². The van der Waals surface area contributed by atoms with Crippen LogP contribution in [0.3, 0.4) is 0 Å². The van der Waals surface area contributed by atoms with Gasteiger partial charge in [-0.25, -0.2) is 0 Å². The third-order valence-corrected chi connectivity index (χ3v) is 5.24. The third kappa shape index (κ3) is 5.00. The van der Waals surface area contributed by atoms with Gasteiger partial charge in [-0.1, -0.05) is 0 Å². The van der Waals surface area contributed by atoms with Crippen LogP contribution in [-0.2, 0) is 4.74 Å². The number of nitrogens with one attached hydrogen (secondary N) is 1. The van der Waals surface area contributed by atoms with E-state index in [4.69, 9.17) is 9.47 Å². The number of hydrogen-bond acceptors (Lipinski definition) is 6. The Balaban J connectivity index is 1.42. The lowest BCUT2D eigenvalue weighted by Crippen LogP contribution is -2.47. The van der Waals surface area contributed by atoms with Crippen molar-refractivity contribution >= 4 is 11.4 Å². The number of morpholine rings is 1. The summed E-state index contributed by atoms with van der Waals surface area (Å²) in [6.07, 6.45) is 1.25. The van der Waals surface area contributed by atoms with E-state index in [1.807, 2.05) is 7.05 Å². The number of hydrogen-bond donors (Lipinski definition) is 1. The van der Waals surface area contributed by atoms with Gasteiger partial charge in [0.15, 0.2) is 0 Å². The molecule has 1 aromatic rings. The van der Waals surface area contributed by atoms with Crippen LogP contribution in [0.5, 0.6) is 5.75 Å². The largest absolute Gasteiger partial charge is 0.495 e. The zero-order valence-corrected chi connectivity index (χ0v) is 15.7. The number of rotatable bonds is 7. The predicted octanol–water partition coefficient (Wildman–Crippen LogP) is 1.58. The van der Waals surface area contributed by atoms with Gasteiger partial charge in [-0.15, -0.1) is 0 Å². The molecule has 0 bridgehead atoms. The minimum atomic E-state index is 0.897. The van der Waals surface area contributed by atoms with E-state index >= 15 is 0 Å². The quantitative estimate of drug-likeness (QED) is 0.807. The van der Waals surface area contributed by atoms with Crippen LogP contribution >= 0.6 is 0 Å². The summed E-state index contributed by atoms with van der Waals surface area (Å²) < 4.78 is 10.9. The molecule has 2 fully saturated rings. The van der Waals surface area contributed by atoms with Crippen LogP contribution in [-0.4, -0.2) is 89.5 Å². The summed E-state index contributed by atoms with van der Waals surface area (Å²) in [6.45, 7) is 10.8. The van der Waals surface area contributed by atoms with Crippen LogP contribution in [0.2, 0.25) is 0 Å². The first-order valence-electron chi connectivity index (χ1n) is 9.43. The van der Waals surface area contributed by atoms with Gasteiger partial charge in [0.25, 0.3) is 0 Å². The number of ether oxygens (including phenoxy) is 2. The lowest BCUT2D eigenvalue weighted by molar-refractivity contribution is 0.0360. The zero-order chi connectivity index (χ0) is 17.5. The Bertz CT molecular complexity index is 526. The molecule has 1 aromatic carbocycles. The van der Waals surface area contributed by atoms with Gasteiger partial charge in [-0.3, -0.25) is 9.80 Å². The fraction of sp³-hybridized carbons (Fsp3) is 0.684. The predicted molar refractivity (Wildman–Crippen MR) is 103 cm³/mol. The van der Waals surface area contributed by atoms with Gasteiger partial charge >= 0.3 is 0 Å². The lowest BCUT2D eigenvalue weighted by Gasteiger charge is -2.36. The fourth-order valence-electron chi connectivity index (χ4n) is 3.66. The second kappa shape index (κ2) is 9.27. The van der Waals surface area contributed by atoms with Crippen molar-refractivity contribution in [3.63, 3.8) is 0 Å². The Morgan fingerprint density at radius 3 is 2.32 bits per heavy atom. The Kier molecular flexibility index (Phi) is 6.78. The van der Waals surface area contributed by atoms with Crippen LogP contribution in [0, 0.1) is 0 Å². The molecule has 1 N–H and O–H groups in total. The molecule has 2 heterocycles. The van der Waals surface area contributed by atoms with E-state index in [1.165, 1.54) is 25.2 Å². The van der Waals surface area contributed by atoms with Crippen molar-refractivity contribution in [2.45, 2.75) is 6.42 Å². The van der Waals surface area contributed by atoms with E-state index in [0.717, 1.165) is 63.9 Å². The summed E-state index contributed by atoms with van der Waals surface area (Å²) in [7, 11) is 3.65. The maximum absolute atomic E-state index is 5.49. The number of piperazine rings is 1. The molecule has 0 aliphatic carbocycles. The molecule has 2 saturated heterocycles. The molecule has 0 unspecified atom stereocenters. The first-order chi connectivity index (χ1) is 12.3. The molecule has 3 rings (SSSR count). The molecule has 6 nitrogen and oxygen atoms in total. The van der Waals surface area contributed by atoms with Crippen molar-refractivity contribution in [2.75, 3.05) is 89.9 Å². The first-order valence-corrected chi connectivity index (χ1v) is 9.43. The van der Waals surface area contributed by atoms with Crippen LogP contribution in [0.4, 0.5) is 11.4 Å². The molecule has 0 amide bonds. The minimum Gasteiger partial charge on any atom is -0.495 e. The van der Waals surface area contributed by atoms with E-state index in [2.05, 4.69) is 38.2 Å². The van der Waals surface area contributed by atoms with Crippen molar-refractivity contribution in [1.29, 1.82) is 0 Å². The van der Waals surface area contributed by atoms with E-state index in [1.54, 1.807) is 7.11 Å². The van der Waals surface area contributed by atoms with Crippen LogP contribution < -0.4 is 15.0 Å². The monoisotopic (exact) mass is 348 g/mol. The molecule has 0 radical (unpaired) electrons. The van der Waals surface area contributed by atoms with E-state index in [9.17, 15) is 0 Å². The Morgan fingerprint density at radius 1 is 1.00 bits per heavy atom. The molecule has 0 aromatic heterocycles. The summed E-state index contributed by atoms with van der Waals surface area (Å²) in [6, 6.07) is 6.42. The van der Waals surface area contributed by atoms with Crippen molar-refractivity contribution in [3.8, 4) is 5.75 Å². The molecular formula is C19H32N4O2. The van der Waals surface area contributed by atoms with E-state index < -0.39 is 0 Å². The highest BCUT2D eigenvalue weighted by Gasteiger charge is 2.18. The van der Waals surface area contributed by atoms with Crippen LogP contribution in [0.25, 0.3) is 0 Å². The van der Waals surface area contributed by atoms with Gasteiger partial charge in [0.2, 0.25) is 0 Å². The molecule has 6 heteroatoms. The third-order valence-electron chi connectivity index (χ3n) is 5.24. The Labute approximate surface area is 151 Å². The lowest BCUT2D eigenvalue weighted by atomic mass is 10.2. The number of methoxy groups -OCH3 is 1. The van der Waals surface area contributed by atoms with Crippen LogP contribution in [0.15, 0.2) is 18.2 Å². The highest BCUT2D eigenvalue weighted by Crippen LogP contribution is 2.29. The smallest absolute Gasteiger partial charge is 0.144 e. The molecule has 25 heavy (non-hydrogen) atoms. The summed E-state index contributed by atoms with van der Waals surface area (Å²) in [4.78, 5) is 7.58. The topological polar surface area (TPSA) is 40.2 Å².